The van der Waals surface area contributed by atoms with E-state index in [2.05, 4.69) is 10.4 Å². The van der Waals surface area contributed by atoms with Gasteiger partial charge in [-0.25, -0.2) is 8.42 Å². The molecule has 2 aromatic rings. The molecule has 0 saturated carbocycles. The van der Waals surface area contributed by atoms with Crippen LogP contribution in [0.15, 0.2) is 35.2 Å². The van der Waals surface area contributed by atoms with Crippen molar-refractivity contribution in [1.82, 2.24) is 9.78 Å². The van der Waals surface area contributed by atoms with Gasteiger partial charge in [0.15, 0.2) is 9.84 Å². The number of aryl methyl sites for hydroxylation is 1. The summed E-state index contributed by atoms with van der Waals surface area (Å²) in [5.41, 5.74) is 0.816. The molecule has 1 aromatic heterocycles. The Hall–Kier alpha value is -1.86. The van der Waals surface area contributed by atoms with Crippen LogP contribution in [0.2, 0.25) is 5.02 Å². The number of nitrogens with one attached hydrogen (secondary N) is 1. The summed E-state index contributed by atoms with van der Waals surface area (Å²) in [4.78, 5) is 12.7. The van der Waals surface area contributed by atoms with E-state index in [0.29, 0.717) is 10.8 Å². The van der Waals surface area contributed by atoms with Crippen molar-refractivity contribution in [1.29, 1.82) is 0 Å². The van der Waals surface area contributed by atoms with Gasteiger partial charge in [0.05, 0.1) is 10.6 Å². The Morgan fingerprint density at radius 1 is 1.24 bits per heavy atom. The number of aromatic nitrogens is 2. The lowest BCUT2D eigenvalue weighted by atomic mass is 10.1. The molecule has 0 aliphatic heterocycles. The first kappa shape index (κ1) is 19.5. The van der Waals surface area contributed by atoms with E-state index in [-0.39, 0.29) is 10.8 Å². The van der Waals surface area contributed by atoms with Crippen molar-refractivity contribution in [2.45, 2.75) is 43.3 Å². The Morgan fingerprint density at radius 3 is 2.28 bits per heavy atom. The Kier molecular flexibility index (Phi) is 5.30. The predicted molar refractivity (Wildman–Crippen MR) is 98.6 cm³/mol. The standard InChI is InChI=1S/C17H22ClN3O3S/c1-11(2)14-10-15(21(5)20-14)19-16(22)17(3,4)25(23,24)13-8-6-12(18)7-9-13/h6-11H,1-5H3,(H,19,22). The molecule has 0 saturated heterocycles. The number of anilines is 1. The number of rotatable bonds is 5. The van der Waals surface area contributed by atoms with E-state index in [0.717, 1.165) is 5.69 Å². The molecule has 0 atom stereocenters. The first-order valence-electron chi connectivity index (χ1n) is 7.82. The van der Waals surface area contributed by atoms with Gasteiger partial charge in [-0.05, 0) is 44.0 Å². The Balaban J connectivity index is 2.32. The lowest BCUT2D eigenvalue weighted by molar-refractivity contribution is -0.117. The Bertz CT molecular complexity index is 884. The van der Waals surface area contributed by atoms with Gasteiger partial charge in [-0.1, -0.05) is 25.4 Å². The zero-order valence-corrected chi connectivity index (χ0v) is 16.4. The molecule has 0 bridgehead atoms. The summed E-state index contributed by atoms with van der Waals surface area (Å²) >= 11 is 5.81. The normalized spacial score (nSPS) is 12.4. The van der Waals surface area contributed by atoms with Crippen molar-refractivity contribution >= 4 is 33.2 Å². The van der Waals surface area contributed by atoms with Gasteiger partial charge in [0, 0.05) is 18.1 Å². The SMILES string of the molecule is CC(C)c1cc(NC(=O)C(C)(C)S(=O)(=O)c2ccc(Cl)cc2)n(C)n1. The van der Waals surface area contributed by atoms with E-state index in [1.54, 1.807) is 13.1 Å². The van der Waals surface area contributed by atoms with E-state index in [4.69, 9.17) is 11.6 Å². The molecule has 1 amide bonds. The minimum Gasteiger partial charge on any atom is -0.310 e. The highest BCUT2D eigenvalue weighted by Crippen LogP contribution is 2.28. The molecule has 0 aliphatic carbocycles. The molecule has 25 heavy (non-hydrogen) atoms. The number of hydrogen-bond donors (Lipinski definition) is 1. The average molecular weight is 384 g/mol. The van der Waals surface area contributed by atoms with Crippen LogP contribution < -0.4 is 5.32 Å². The number of carbonyl (C=O) groups excluding carboxylic acids is 1. The maximum atomic E-state index is 12.9. The third kappa shape index (κ3) is 3.72. The van der Waals surface area contributed by atoms with E-state index < -0.39 is 20.5 Å². The summed E-state index contributed by atoms with van der Waals surface area (Å²) in [6.07, 6.45) is 0. The molecule has 6 nitrogen and oxygen atoms in total. The van der Waals surface area contributed by atoms with Crippen LogP contribution in [-0.2, 0) is 21.7 Å². The number of sulfone groups is 1. The Labute approximate surface area is 153 Å². The second kappa shape index (κ2) is 6.80. The molecule has 1 N–H and O–H groups in total. The molecular formula is C17H22ClN3O3S. The molecule has 8 heteroatoms. The number of benzene rings is 1. The first-order valence-corrected chi connectivity index (χ1v) is 9.68. The van der Waals surface area contributed by atoms with E-state index in [1.165, 1.54) is 42.8 Å². The van der Waals surface area contributed by atoms with Gasteiger partial charge in [-0.15, -0.1) is 0 Å². The van der Waals surface area contributed by atoms with Gasteiger partial charge < -0.3 is 5.32 Å². The molecule has 1 aromatic carbocycles. The third-order valence-corrected chi connectivity index (χ3v) is 6.75. The molecular weight excluding hydrogens is 362 g/mol. The van der Waals surface area contributed by atoms with Crippen molar-refractivity contribution < 1.29 is 13.2 Å². The highest BCUT2D eigenvalue weighted by molar-refractivity contribution is 7.93. The zero-order valence-electron chi connectivity index (χ0n) is 14.9. The van der Waals surface area contributed by atoms with Crippen LogP contribution in [0.3, 0.4) is 0 Å². The van der Waals surface area contributed by atoms with Gasteiger partial charge >= 0.3 is 0 Å². The molecule has 0 unspecified atom stereocenters. The quantitative estimate of drug-likeness (QED) is 0.858. The molecule has 0 fully saturated rings. The molecule has 2 rings (SSSR count). The summed E-state index contributed by atoms with van der Waals surface area (Å²) in [6, 6.07) is 7.51. The minimum atomic E-state index is -3.90. The maximum absolute atomic E-state index is 12.9. The van der Waals surface area contributed by atoms with Crippen LogP contribution in [0.5, 0.6) is 0 Å². The number of nitrogens with zero attached hydrogens (tertiary/aromatic N) is 2. The van der Waals surface area contributed by atoms with Gasteiger partial charge in [-0.3, -0.25) is 9.48 Å². The zero-order chi connectivity index (χ0) is 19.0. The molecule has 0 spiro atoms. The van der Waals surface area contributed by atoms with Crippen molar-refractivity contribution in [3.05, 3.63) is 41.0 Å². The van der Waals surface area contributed by atoms with Crippen LogP contribution in [0, 0.1) is 0 Å². The van der Waals surface area contributed by atoms with Gasteiger partial charge in [0.25, 0.3) is 0 Å². The second-order valence-electron chi connectivity index (χ2n) is 6.65. The van der Waals surface area contributed by atoms with Gasteiger partial charge in [0.1, 0.15) is 10.6 Å². The fourth-order valence-corrected chi connectivity index (χ4v) is 3.69. The topological polar surface area (TPSA) is 81.1 Å². The van der Waals surface area contributed by atoms with E-state index >= 15 is 0 Å². The molecule has 0 aliphatic rings. The number of halogens is 1. The predicted octanol–water partition coefficient (Wildman–Crippen LogP) is 3.39. The van der Waals surface area contributed by atoms with Crippen LogP contribution in [0.1, 0.15) is 39.3 Å². The summed E-state index contributed by atoms with van der Waals surface area (Å²) in [5.74, 6) is 0.0245. The minimum absolute atomic E-state index is 0.0462. The lowest BCUT2D eigenvalue weighted by Gasteiger charge is -2.23. The summed E-state index contributed by atoms with van der Waals surface area (Å²) in [5, 5.41) is 7.41. The molecule has 0 radical (unpaired) electrons. The van der Waals surface area contributed by atoms with Crippen LogP contribution >= 0.6 is 11.6 Å². The Morgan fingerprint density at radius 2 is 1.80 bits per heavy atom. The third-order valence-electron chi connectivity index (χ3n) is 4.07. The van der Waals surface area contributed by atoms with Crippen LogP contribution in [0.25, 0.3) is 0 Å². The molecule has 136 valence electrons. The highest BCUT2D eigenvalue weighted by atomic mass is 35.5. The second-order valence-corrected chi connectivity index (χ2v) is 9.59. The van der Waals surface area contributed by atoms with Crippen molar-refractivity contribution in [3.8, 4) is 0 Å². The van der Waals surface area contributed by atoms with Crippen LogP contribution in [-0.4, -0.2) is 28.9 Å². The maximum Gasteiger partial charge on any atom is 0.246 e. The molecule has 1 heterocycles. The monoisotopic (exact) mass is 383 g/mol. The number of amides is 1. The number of carbonyl (C=O) groups is 1. The van der Waals surface area contributed by atoms with Crippen LogP contribution in [0.4, 0.5) is 5.82 Å². The smallest absolute Gasteiger partial charge is 0.246 e. The summed E-state index contributed by atoms with van der Waals surface area (Å²) < 4.78 is 25.6. The average Bonchev–Trinajstić information content (AvgIpc) is 2.88. The summed E-state index contributed by atoms with van der Waals surface area (Å²) in [6.45, 7) is 6.74. The van der Waals surface area contributed by atoms with Gasteiger partial charge in [0.2, 0.25) is 5.91 Å². The largest absolute Gasteiger partial charge is 0.310 e. The first-order chi connectivity index (χ1) is 11.5. The fourth-order valence-electron chi connectivity index (χ4n) is 2.19. The van der Waals surface area contributed by atoms with Crippen molar-refractivity contribution in [3.63, 3.8) is 0 Å². The van der Waals surface area contributed by atoms with E-state index in [9.17, 15) is 13.2 Å². The lowest BCUT2D eigenvalue weighted by Crippen LogP contribution is -2.44. The fraction of sp³-hybridized carbons (Fsp3) is 0.412. The van der Waals surface area contributed by atoms with E-state index in [1.807, 2.05) is 13.8 Å². The van der Waals surface area contributed by atoms with Crippen molar-refractivity contribution in [2.24, 2.45) is 7.05 Å². The van der Waals surface area contributed by atoms with Crippen molar-refractivity contribution in [2.75, 3.05) is 5.32 Å². The summed E-state index contributed by atoms with van der Waals surface area (Å²) in [7, 11) is -2.20. The highest BCUT2D eigenvalue weighted by Gasteiger charge is 2.43. The number of hydrogen-bond acceptors (Lipinski definition) is 4. The van der Waals surface area contributed by atoms with Gasteiger partial charge in [-0.2, -0.15) is 5.10 Å².